The second kappa shape index (κ2) is 5.35. The maximum Gasteiger partial charge on any atom is 2.00 e. The van der Waals surface area contributed by atoms with Gasteiger partial charge in [-0.15, -0.1) is 0 Å². The molecule has 0 atom stereocenters. The van der Waals surface area contributed by atoms with Crippen molar-refractivity contribution in [3.8, 4) is 0 Å². The fourth-order valence-electron chi connectivity index (χ4n) is 0.514. The molecule has 0 N–H and O–H groups in total. The fourth-order valence-corrected chi connectivity index (χ4v) is 1.54. The van der Waals surface area contributed by atoms with Crippen LogP contribution in [0.25, 0.3) is 0 Å². The largest absolute Gasteiger partial charge is 2.00 e. The van der Waals surface area contributed by atoms with Gasteiger partial charge in [0.15, 0.2) is 0 Å². The zero-order valence-electron chi connectivity index (χ0n) is 8.08. The van der Waals surface area contributed by atoms with Gasteiger partial charge in [0.1, 0.15) is 0 Å². The molecule has 0 rings (SSSR count). The van der Waals surface area contributed by atoms with E-state index < -0.39 is 10.0 Å². The van der Waals surface area contributed by atoms with E-state index in [1.807, 2.05) is 0 Å². The third-order valence-corrected chi connectivity index (χ3v) is 3.62. The Morgan fingerprint density at radius 1 is 1.08 bits per heavy atom. The van der Waals surface area contributed by atoms with Crippen LogP contribution in [-0.4, -0.2) is 19.8 Å². The van der Waals surface area contributed by atoms with Gasteiger partial charge in [-0.2, -0.15) is 32.9 Å². The molecule has 0 bridgehead atoms. The van der Waals surface area contributed by atoms with Crippen molar-refractivity contribution < 1.29 is 29.5 Å². The summed E-state index contributed by atoms with van der Waals surface area (Å²) in [6.07, 6.45) is 0. The molecule has 0 aromatic carbocycles. The molecule has 0 aromatic heterocycles. The van der Waals surface area contributed by atoms with Crippen molar-refractivity contribution in [1.29, 1.82) is 0 Å². The van der Waals surface area contributed by atoms with Gasteiger partial charge < -0.3 is 4.31 Å². The molecule has 0 aromatic rings. The molecule has 0 aliphatic carbocycles. The Kier molecular flexibility index (Phi) is 6.73. The van der Waals surface area contributed by atoms with Crippen LogP contribution in [0.1, 0.15) is 27.7 Å². The SMILES string of the molecule is C[C-](C)N(C)S(=O)(=O)[C-](C)C.[W+2]. The third-order valence-electron chi connectivity index (χ3n) is 1.51. The summed E-state index contributed by atoms with van der Waals surface area (Å²) in [6.45, 7) is 6.71. The van der Waals surface area contributed by atoms with E-state index >= 15 is 0 Å². The maximum absolute atomic E-state index is 11.3. The van der Waals surface area contributed by atoms with Crippen molar-refractivity contribution in [2.24, 2.45) is 0 Å². The predicted molar refractivity (Wildman–Crippen MR) is 45.9 cm³/mol. The van der Waals surface area contributed by atoms with Gasteiger partial charge in [-0.1, -0.05) is 0 Å². The molecular formula is C7H15NO2SW. The minimum Gasteiger partial charge on any atom is -0.378 e. The van der Waals surface area contributed by atoms with Gasteiger partial charge in [0.05, 0.1) is 10.0 Å². The standard InChI is InChI=1S/C7H15NO2S.W/c1-6(2)8(5)11(9,10)7(3)4;/h1-5H3;/q-2;+2. The molecule has 0 aliphatic rings. The third kappa shape index (κ3) is 3.54. The van der Waals surface area contributed by atoms with E-state index in [1.54, 1.807) is 34.7 Å². The summed E-state index contributed by atoms with van der Waals surface area (Å²) in [5.41, 5.74) is 0. The molecule has 0 radical (unpaired) electrons. The van der Waals surface area contributed by atoms with Crippen LogP contribution in [0.4, 0.5) is 0 Å². The van der Waals surface area contributed by atoms with Gasteiger partial charge >= 0.3 is 21.1 Å². The minimum atomic E-state index is -3.16. The summed E-state index contributed by atoms with van der Waals surface area (Å²) in [4.78, 5) is 0. The average molecular weight is 361 g/mol. The fraction of sp³-hybridized carbons (Fsp3) is 0.714. The van der Waals surface area contributed by atoms with Crippen LogP contribution in [0.3, 0.4) is 0 Å². The first-order chi connectivity index (χ1) is 4.80. The van der Waals surface area contributed by atoms with Crippen LogP contribution < -0.4 is 0 Å². The number of nitrogens with zero attached hydrogens (tertiary/aromatic N) is 1. The Balaban J connectivity index is 0. The Morgan fingerprint density at radius 3 is 1.50 bits per heavy atom. The first-order valence-electron chi connectivity index (χ1n) is 3.39. The van der Waals surface area contributed by atoms with E-state index in [2.05, 4.69) is 0 Å². The van der Waals surface area contributed by atoms with E-state index in [0.717, 1.165) is 6.04 Å². The smallest absolute Gasteiger partial charge is 0.378 e. The molecule has 0 fully saturated rings. The number of hydrogen-bond donors (Lipinski definition) is 0. The molecule has 3 nitrogen and oxygen atoms in total. The molecule has 12 heavy (non-hydrogen) atoms. The summed E-state index contributed by atoms with van der Waals surface area (Å²) in [5, 5.41) is 0.418. The quantitative estimate of drug-likeness (QED) is 0.713. The number of rotatable bonds is 3. The van der Waals surface area contributed by atoms with Crippen LogP contribution in [0.2, 0.25) is 0 Å². The van der Waals surface area contributed by atoms with Crippen LogP contribution in [-0.2, 0) is 31.1 Å². The zero-order valence-corrected chi connectivity index (χ0v) is 11.8. The predicted octanol–water partition coefficient (Wildman–Crippen LogP) is 1.39. The van der Waals surface area contributed by atoms with Gasteiger partial charge in [-0.25, -0.2) is 14.5 Å². The number of sulfonamides is 1. The molecular weight excluding hydrogens is 346 g/mol. The molecule has 5 heteroatoms. The maximum atomic E-state index is 11.3. The van der Waals surface area contributed by atoms with E-state index in [1.165, 1.54) is 4.31 Å². The summed E-state index contributed by atoms with van der Waals surface area (Å²) < 4.78 is 24.0. The van der Waals surface area contributed by atoms with Crippen molar-refractivity contribution in [3.05, 3.63) is 11.3 Å². The molecule has 0 amide bonds. The van der Waals surface area contributed by atoms with Gasteiger partial charge in [-0.3, -0.25) is 0 Å². The Bertz CT molecular complexity index is 211. The van der Waals surface area contributed by atoms with E-state index in [9.17, 15) is 8.42 Å². The van der Waals surface area contributed by atoms with Crippen molar-refractivity contribution in [1.82, 2.24) is 4.31 Å². The minimum absolute atomic E-state index is 0. The van der Waals surface area contributed by atoms with Crippen molar-refractivity contribution in [2.45, 2.75) is 27.7 Å². The van der Waals surface area contributed by atoms with Crippen LogP contribution in [0, 0.1) is 11.3 Å². The van der Waals surface area contributed by atoms with Gasteiger partial charge in [0, 0.05) is 0 Å². The zero-order chi connectivity index (χ0) is 9.23. The summed E-state index contributed by atoms with van der Waals surface area (Å²) >= 11 is 0. The second-order valence-corrected chi connectivity index (χ2v) is 5.14. The molecule has 0 saturated heterocycles. The molecule has 72 valence electrons. The van der Waals surface area contributed by atoms with E-state index in [0.29, 0.717) is 5.25 Å². The van der Waals surface area contributed by atoms with E-state index in [4.69, 9.17) is 0 Å². The van der Waals surface area contributed by atoms with Crippen molar-refractivity contribution >= 4 is 10.0 Å². The second-order valence-electron chi connectivity index (χ2n) is 2.83. The molecule has 0 heterocycles. The normalized spacial score (nSPS) is 12.3. The Labute approximate surface area is 89.8 Å². The van der Waals surface area contributed by atoms with Crippen molar-refractivity contribution in [2.75, 3.05) is 7.05 Å². The molecule has 0 unspecified atom stereocenters. The number of hydrogen-bond acceptors (Lipinski definition) is 2. The Morgan fingerprint density at radius 2 is 1.42 bits per heavy atom. The monoisotopic (exact) mass is 361 g/mol. The van der Waals surface area contributed by atoms with Crippen LogP contribution in [0.15, 0.2) is 0 Å². The van der Waals surface area contributed by atoms with E-state index in [-0.39, 0.29) is 21.1 Å². The Hall–Kier alpha value is 0.598. The summed E-state index contributed by atoms with van der Waals surface area (Å²) in [5.74, 6) is 0. The average Bonchev–Trinajstić information content (AvgIpc) is 1.85. The summed E-state index contributed by atoms with van der Waals surface area (Å²) in [6, 6.07) is 0.770. The van der Waals surface area contributed by atoms with Crippen molar-refractivity contribution in [3.63, 3.8) is 0 Å². The first-order valence-corrected chi connectivity index (χ1v) is 4.83. The topological polar surface area (TPSA) is 37.4 Å². The van der Waals surface area contributed by atoms with Gasteiger partial charge in [-0.05, 0) is 7.05 Å². The molecule has 0 saturated carbocycles. The first kappa shape index (κ1) is 15.1. The van der Waals surface area contributed by atoms with Gasteiger partial charge in [0.2, 0.25) is 0 Å². The van der Waals surface area contributed by atoms with Gasteiger partial charge in [0.25, 0.3) is 0 Å². The molecule has 0 spiro atoms. The van der Waals surface area contributed by atoms with Crippen LogP contribution >= 0.6 is 0 Å². The summed E-state index contributed by atoms with van der Waals surface area (Å²) in [7, 11) is -1.61. The molecule has 0 aliphatic heterocycles. The van der Waals surface area contributed by atoms with Crippen LogP contribution in [0.5, 0.6) is 0 Å².